The molecular formula is C17H27NS. The summed E-state index contributed by atoms with van der Waals surface area (Å²) >= 11 is 2.08. The van der Waals surface area contributed by atoms with Crippen molar-refractivity contribution in [3.63, 3.8) is 0 Å². The van der Waals surface area contributed by atoms with Crippen LogP contribution >= 0.6 is 11.8 Å². The Morgan fingerprint density at radius 1 is 1.26 bits per heavy atom. The summed E-state index contributed by atoms with van der Waals surface area (Å²) in [6.07, 6.45) is 5.27. The molecule has 1 heterocycles. The van der Waals surface area contributed by atoms with E-state index in [4.69, 9.17) is 0 Å². The van der Waals surface area contributed by atoms with Crippen LogP contribution in [0.5, 0.6) is 0 Å². The molecule has 0 aliphatic carbocycles. The largest absolute Gasteiger partial charge is 0.300 e. The lowest BCUT2D eigenvalue weighted by Gasteiger charge is -2.28. The van der Waals surface area contributed by atoms with E-state index in [1.54, 1.807) is 5.56 Å². The molecule has 0 saturated carbocycles. The number of nitrogens with zero attached hydrogens (tertiary/aromatic N) is 1. The van der Waals surface area contributed by atoms with E-state index in [1.807, 2.05) is 0 Å². The molecule has 1 aliphatic rings. The number of hydrogen-bond acceptors (Lipinski definition) is 2. The fraction of sp³-hybridized carbons (Fsp3) is 0.647. The zero-order chi connectivity index (χ0) is 13.7. The maximum atomic E-state index is 2.67. The smallest absolute Gasteiger partial charge is 0.0263 e. The van der Waals surface area contributed by atoms with Crippen molar-refractivity contribution in [1.29, 1.82) is 0 Å². The predicted molar refractivity (Wildman–Crippen MR) is 86.0 cm³/mol. The van der Waals surface area contributed by atoms with Gasteiger partial charge in [0.15, 0.2) is 0 Å². The fourth-order valence-electron chi connectivity index (χ4n) is 2.74. The minimum absolute atomic E-state index is 0.668. The van der Waals surface area contributed by atoms with Crippen molar-refractivity contribution in [2.45, 2.75) is 62.6 Å². The van der Waals surface area contributed by atoms with E-state index in [2.05, 4.69) is 61.7 Å². The van der Waals surface area contributed by atoms with Gasteiger partial charge in [-0.25, -0.2) is 0 Å². The third-order valence-electron chi connectivity index (χ3n) is 3.93. The van der Waals surface area contributed by atoms with Gasteiger partial charge >= 0.3 is 0 Å². The second-order valence-corrected chi connectivity index (χ2v) is 7.19. The lowest BCUT2D eigenvalue weighted by Crippen LogP contribution is -2.37. The summed E-state index contributed by atoms with van der Waals surface area (Å²) in [6.45, 7) is 9.44. The van der Waals surface area contributed by atoms with E-state index in [0.29, 0.717) is 6.04 Å². The van der Waals surface area contributed by atoms with Crippen LogP contribution in [0.3, 0.4) is 0 Å². The Hall–Kier alpha value is -0.470. The Balaban J connectivity index is 1.86. The molecule has 2 heteroatoms. The summed E-state index contributed by atoms with van der Waals surface area (Å²) in [7, 11) is 0. The summed E-state index contributed by atoms with van der Waals surface area (Å²) in [5.41, 5.74) is 1.55. The molecule has 0 amide bonds. The van der Waals surface area contributed by atoms with E-state index < -0.39 is 0 Å². The van der Waals surface area contributed by atoms with E-state index in [9.17, 15) is 0 Å². The minimum atomic E-state index is 0.668. The first-order chi connectivity index (χ1) is 9.20. The molecule has 0 bridgehead atoms. The lowest BCUT2D eigenvalue weighted by molar-refractivity contribution is 0.218. The number of fused-ring (bicyclic) bond motifs is 1. The van der Waals surface area contributed by atoms with Crippen LogP contribution in [0.1, 0.15) is 45.6 Å². The number of thioether (sulfide) groups is 1. The van der Waals surface area contributed by atoms with Crippen LogP contribution in [-0.2, 0) is 6.42 Å². The zero-order valence-electron chi connectivity index (χ0n) is 12.6. The molecule has 0 spiro atoms. The molecular weight excluding hydrogens is 250 g/mol. The Bertz CT molecular complexity index is 364. The molecule has 0 N–H and O–H groups in total. The average molecular weight is 277 g/mol. The fourth-order valence-corrected chi connectivity index (χ4v) is 4.09. The van der Waals surface area contributed by atoms with Crippen molar-refractivity contribution < 1.29 is 0 Å². The van der Waals surface area contributed by atoms with Crippen molar-refractivity contribution in [2.75, 3.05) is 13.1 Å². The van der Waals surface area contributed by atoms with Crippen LogP contribution < -0.4 is 0 Å². The van der Waals surface area contributed by atoms with Gasteiger partial charge in [0.05, 0.1) is 0 Å². The topological polar surface area (TPSA) is 3.24 Å². The van der Waals surface area contributed by atoms with Gasteiger partial charge in [-0.3, -0.25) is 4.90 Å². The summed E-state index contributed by atoms with van der Waals surface area (Å²) in [4.78, 5) is 4.17. The molecule has 0 fully saturated rings. The van der Waals surface area contributed by atoms with Gasteiger partial charge in [0, 0.05) is 22.7 Å². The predicted octanol–water partition coefficient (Wildman–Crippen LogP) is 4.60. The number of rotatable bonds is 7. The first-order valence-electron chi connectivity index (χ1n) is 7.69. The van der Waals surface area contributed by atoms with Gasteiger partial charge < -0.3 is 0 Å². The third-order valence-corrected chi connectivity index (χ3v) is 5.23. The van der Waals surface area contributed by atoms with Crippen LogP contribution in [-0.4, -0.2) is 29.3 Å². The molecule has 1 unspecified atom stereocenters. The molecule has 19 heavy (non-hydrogen) atoms. The van der Waals surface area contributed by atoms with Crippen molar-refractivity contribution in [1.82, 2.24) is 4.90 Å². The molecule has 2 rings (SSSR count). The Morgan fingerprint density at radius 3 is 2.74 bits per heavy atom. The number of benzene rings is 1. The lowest BCUT2D eigenvalue weighted by atomic mass is 10.1. The maximum Gasteiger partial charge on any atom is 0.0263 e. The van der Waals surface area contributed by atoms with Crippen LogP contribution in [0.2, 0.25) is 0 Å². The van der Waals surface area contributed by atoms with Gasteiger partial charge in [0.25, 0.3) is 0 Å². The summed E-state index contributed by atoms with van der Waals surface area (Å²) in [5, 5.41) is 0.751. The van der Waals surface area contributed by atoms with Gasteiger partial charge in [0.2, 0.25) is 0 Å². The van der Waals surface area contributed by atoms with Crippen LogP contribution in [0.4, 0.5) is 0 Å². The number of unbranched alkanes of at least 4 members (excludes halogenated alkanes) is 2. The standard InChI is InChI=1S/C17H27NS/c1-4-5-8-11-18(14(2)3)13-16-12-15-9-6-7-10-17(15)19-16/h6-7,9-10,14,16H,4-5,8,11-13H2,1-3H3. The summed E-state index contributed by atoms with van der Waals surface area (Å²) in [6, 6.07) is 9.57. The normalized spacial score (nSPS) is 18.3. The van der Waals surface area contributed by atoms with Gasteiger partial charge in [-0.2, -0.15) is 0 Å². The van der Waals surface area contributed by atoms with Crippen molar-refractivity contribution in [3.05, 3.63) is 29.8 Å². The second kappa shape index (κ2) is 7.35. The summed E-state index contributed by atoms with van der Waals surface area (Å²) in [5.74, 6) is 0. The SMILES string of the molecule is CCCCCN(CC1Cc2ccccc2S1)C(C)C. The van der Waals surface area contributed by atoms with Gasteiger partial charge in [0.1, 0.15) is 0 Å². The monoisotopic (exact) mass is 277 g/mol. The van der Waals surface area contributed by atoms with E-state index in [-0.39, 0.29) is 0 Å². The molecule has 0 saturated heterocycles. The molecule has 0 aromatic heterocycles. The van der Waals surface area contributed by atoms with Gasteiger partial charge in [-0.05, 0) is 44.9 Å². The quantitative estimate of drug-likeness (QED) is 0.670. The molecule has 1 atom stereocenters. The first-order valence-corrected chi connectivity index (χ1v) is 8.57. The molecule has 1 aromatic rings. The zero-order valence-corrected chi connectivity index (χ0v) is 13.4. The summed E-state index contributed by atoms with van der Waals surface area (Å²) < 4.78 is 0. The second-order valence-electron chi connectivity index (χ2n) is 5.85. The molecule has 1 nitrogen and oxygen atoms in total. The Morgan fingerprint density at radius 2 is 2.05 bits per heavy atom. The average Bonchev–Trinajstić information content (AvgIpc) is 2.80. The van der Waals surface area contributed by atoms with Crippen LogP contribution in [0, 0.1) is 0 Å². The van der Waals surface area contributed by atoms with E-state index >= 15 is 0 Å². The highest BCUT2D eigenvalue weighted by Crippen LogP contribution is 2.37. The Kier molecular flexibility index (Phi) is 5.77. The third kappa shape index (κ3) is 4.25. The van der Waals surface area contributed by atoms with Crippen molar-refractivity contribution >= 4 is 11.8 Å². The Labute approximate surface area is 122 Å². The first kappa shape index (κ1) is 14.9. The maximum absolute atomic E-state index is 2.67. The minimum Gasteiger partial charge on any atom is -0.300 e. The van der Waals surface area contributed by atoms with Gasteiger partial charge in [-0.15, -0.1) is 11.8 Å². The molecule has 1 aliphatic heterocycles. The van der Waals surface area contributed by atoms with Gasteiger partial charge in [-0.1, -0.05) is 38.0 Å². The van der Waals surface area contributed by atoms with E-state index in [1.165, 1.54) is 43.7 Å². The van der Waals surface area contributed by atoms with Crippen molar-refractivity contribution in [3.8, 4) is 0 Å². The molecule has 1 aromatic carbocycles. The van der Waals surface area contributed by atoms with Crippen molar-refractivity contribution in [2.24, 2.45) is 0 Å². The van der Waals surface area contributed by atoms with Crippen LogP contribution in [0.25, 0.3) is 0 Å². The highest BCUT2D eigenvalue weighted by Gasteiger charge is 2.24. The highest BCUT2D eigenvalue weighted by molar-refractivity contribution is 8.00. The molecule has 106 valence electrons. The van der Waals surface area contributed by atoms with E-state index in [0.717, 1.165) is 5.25 Å². The number of hydrogen-bond donors (Lipinski definition) is 0. The molecule has 0 radical (unpaired) electrons. The highest BCUT2D eigenvalue weighted by atomic mass is 32.2. The van der Waals surface area contributed by atoms with Crippen LogP contribution in [0.15, 0.2) is 29.2 Å².